The fraction of sp³-hybridized carbons (Fsp3) is 0.438. The van der Waals surface area contributed by atoms with Crippen LogP contribution in [0.15, 0.2) is 24.3 Å². The van der Waals surface area contributed by atoms with Crippen LogP contribution >= 0.6 is 0 Å². The fourth-order valence-electron chi connectivity index (χ4n) is 1.83. The van der Waals surface area contributed by atoms with E-state index in [0.29, 0.717) is 11.5 Å². The van der Waals surface area contributed by atoms with Crippen molar-refractivity contribution in [2.24, 2.45) is 5.92 Å². The van der Waals surface area contributed by atoms with Crippen molar-refractivity contribution >= 4 is 17.5 Å². The first kappa shape index (κ1) is 16.1. The second kappa shape index (κ2) is 7.58. The lowest BCUT2D eigenvalue weighted by atomic mass is 9.99. The highest BCUT2D eigenvalue weighted by Crippen LogP contribution is 2.11. The number of ketones is 2. The second-order valence-electron chi connectivity index (χ2n) is 5.04. The van der Waals surface area contributed by atoms with Gasteiger partial charge in [0.05, 0.1) is 13.0 Å². The smallest absolute Gasteiger partial charge is 0.375 e. The van der Waals surface area contributed by atoms with E-state index in [1.807, 2.05) is 12.1 Å². The van der Waals surface area contributed by atoms with Gasteiger partial charge >= 0.3 is 5.97 Å². The first-order valence-corrected chi connectivity index (χ1v) is 6.76. The van der Waals surface area contributed by atoms with Gasteiger partial charge in [-0.25, -0.2) is 4.79 Å². The molecule has 0 unspecified atom stereocenters. The molecule has 0 aliphatic heterocycles. The summed E-state index contributed by atoms with van der Waals surface area (Å²) in [6, 6.07) is 7.14. The van der Waals surface area contributed by atoms with Crippen LogP contribution in [0.1, 0.15) is 43.1 Å². The molecule has 0 aromatic heterocycles. The van der Waals surface area contributed by atoms with E-state index in [9.17, 15) is 14.4 Å². The molecule has 0 radical (unpaired) electrons. The summed E-state index contributed by atoms with van der Waals surface area (Å²) >= 11 is 0. The van der Waals surface area contributed by atoms with Crippen LogP contribution in [-0.4, -0.2) is 24.1 Å². The highest BCUT2D eigenvalue weighted by Gasteiger charge is 2.19. The predicted octanol–water partition coefficient (Wildman–Crippen LogP) is 2.59. The standard InChI is InChI=1S/C16H20O4/c1-4-20-16(19)15(18)10-14(17)13-7-5-12(6-8-13)9-11(2)3/h5-8,11H,4,9-10H2,1-3H3. The first-order valence-electron chi connectivity index (χ1n) is 6.76. The number of hydrogen-bond donors (Lipinski definition) is 0. The van der Waals surface area contributed by atoms with Crippen LogP contribution in [0.3, 0.4) is 0 Å². The van der Waals surface area contributed by atoms with Crippen LogP contribution < -0.4 is 0 Å². The van der Waals surface area contributed by atoms with Crippen LogP contribution in [0.4, 0.5) is 0 Å². The summed E-state index contributed by atoms with van der Waals surface area (Å²) in [7, 11) is 0. The van der Waals surface area contributed by atoms with Crippen LogP contribution in [0.25, 0.3) is 0 Å². The van der Waals surface area contributed by atoms with Gasteiger partial charge in [-0.2, -0.15) is 0 Å². The summed E-state index contributed by atoms with van der Waals surface area (Å²) in [5, 5.41) is 0. The zero-order chi connectivity index (χ0) is 15.1. The predicted molar refractivity (Wildman–Crippen MR) is 75.6 cm³/mol. The molecule has 1 aromatic rings. The van der Waals surface area contributed by atoms with Crippen molar-refractivity contribution in [2.75, 3.05) is 6.61 Å². The molecule has 4 nitrogen and oxygen atoms in total. The van der Waals surface area contributed by atoms with Crippen LogP contribution in [0.2, 0.25) is 0 Å². The number of esters is 1. The summed E-state index contributed by atoms with van der Waals surface area (Å²) in [5.74, 6) is -1.57. The Kier molecular flexibility index (Phi) is 6.10. The van der Waals surface area contributed by atoms with Gasteiger partial charge in [-0.15, -0.1) is 0 Å². The van der Waals surface area contributed by atoms with E-state index in [2.05, 4.69) is 18.6 Å². The lowest BCUT2D eigenvalue weighted by molar-refractivity contribution is -0.153. The molecule has 0 aliphatic carbocycles. The van der Waals surface area contributed by atoms with E-state index in [4.69, 9.17) is 0 Å². The Morgan fingerprint density at radius 3 is 2.20 bits per heavy atom. The van der Waals surface area contributed by atoms with Crippen molar-refractivity contribution in [1.29, 1.82) is 0 Å². The molecule has 0 N–H and O–H groups in total. The topological polar surface area (TPSA) is 60.4 Å². The van der Waals surface area contributed by atoms with Crippen molar-refractivity contribution in [3.8, 4) is 0 Å². The maximum atomic E-state index is 11.9. The van der Waals surface area contributed by atoms with Crippen LogP contribution in [-0.2, 0) is 20.7 Å². The van der Waals surface area contributed by atoms with E-state index in [1.54, 1.807) is 19.1 Å². The first-order chi connectivity index (χ1) is 9.43. The quantitative estimate of drug-likeness (QED) is 0.332. The molecule has 0 saturated carbocycles. The number of benzene rings is 1. The van der Waals surface area contributed by atoms with E-state index in [-0.39, 0.29) is 12.4 Å². The number of Topliss-reactive ketones (excluding diaryl/α,β-unsaturated/α-hetero) is 2. The Hall–Kier alpha value is -1.97. The van der Waals surface area contributed by atoms with Gasteiger partial charge in [0.2, 0.25) is 5.78 Å². The minimum absolute atomic E-state index is 0.128. The molecule has 0 atom stereocenters. The molecule has 0 bridgehead atoms. The molecule has 4 heteroatoms. The molecule has 0 saturated heterocycles. The summed E-state index contributed by atoms with van der Waals surface area (Å²) in [5.41, 5.74) is 1.59. The Morgan fingerprint density at radius 1 is 1.10 bits per heavy atom. The third kappa shape index (κ3) is 4.96. The zero-order valence-electron chi connectivity index (χ0n) is 12.1. The molecule has 0 amide bonds. The monoisotopic (exact) mass is 276 g/mol. The lowest BCUT2D eigenvalue weighted by Crippen LogP contribution is -2.20. The molecule has 1 rings (SSSR count). The molecule has 0 fully saturated rings. The van der Waals surface area contributed by atoms with E-state index in [1.165, 1.54) is 0 Å². The summed E-state index contributed by atoms with van der Waals surface area (Å²) in [6.45, 7) is 5.98. The minimum Gasteiger partial charge on any atom is -0.460 e. The molecule has 1 aromatic carbocycles. The fourth-order valence-corrected chi connectivity index (χ4v) is 1.83. The highest BCUT2D eigenvalue weighted by atomic mass is 16.5. The van der Waals surface area contributed by atoms with Gasteiger partial charge in [-0.3, -0.25) is 9.59 Å². The molecule has 0 aliphatic rings. The third-order valence-corrected chi connectivity index (χ3v) is 2.74. The number of ether oxygens (including phenoxy) is 1. The van der Waals surface area contributed by atoms with E-state index >= 15 is 0 Å². The van der Waals surface area contributed by atoms with Gasteiger partial charge in [0.25, 0.3) is 0 Å². The number of carbonyl (C=O) groups is 3. The van der Waals surface area contributed by atoms with Crippen molar-refractivity contribution in [3.63, 3.8) is 0 Å². The Bertz CT molecular complexity index is 486. The third-order valence-electron chi connectivity index (χ3n) is 2.74. The Morgan fingerprint density at radius 2 is 1.70 bits per heavy atom. The Balaban J connectivity index is 2.64. The van der Waals surface area contributed by atoms with Crippen molar-refractivity contribution in [3.05, 3.63) is 35.4 Å². The average Bonchev–Trinajstić information content (AvgIpc) is 2.39. The van der Waals surface area contributed by atoms with E-state index in [0.717, 1.165) is 12.0 Å². The zero-order valence-corrected chi connectivity index (χ0v) is 12.1. The maximum absolute atomic E-state index is 11.9. The minimum atomic E-state index is -0.947. The molecular formula is C16H20O4. The number of rotatable bonds is 7. The van der Waals surface area contributed by atoms with Crippen molar-refractivity contribution in [1.82, 2.24) is 0 Å². The normalized spacial score (nSPS) is 10.4. The molecule has 0 spiro atoms. The maximum Gasteiger partial charge on any atom is 0.375 e. The van der Waals surface area contributed by atoms with Gasteiger partial charge < -0.3 is 4.74 Å². The largest absolute Gasteiger partial charge is 0.460 e. The van der Waals surface area contributed by atoms with Gasteiger partial charge in [0.1, 0.15) is 0 Å². The molecule has 0 heterocycles. The summed E-state index contributed by atoms with van der Waals surface area (Å²) in [4.78, 5) is 34.5. The van der Waals surface area contributed by atoms with Crippen LogP contribution in [0.5, 0.6) is 0 Å². The molecule has 108 valence electrons. The summed E-state index contributed by atoms with van der Waals surface area (Å²) in [6.07, 6.45) is 0.499. The van der Waals surface area contributed by atoms with Crippen LogP contribution in [0, 0.1) is 5.92 Å². The number of carbonyl (C=O) groups excluding carboxylic acids is 3. The number of hydrogen-bond acceptors (Lipinski definition) is 4. The average molecular weight is 276 g/mol. The lowest BCUT2D eigenvalue weighted by Gasteiger charge is -2.06. The highest BCUT2D eigenvalue weighted by molar-refractivity contribution is 6.38. The van der Waals surface area contributed by atoms with Gasteiger partial charge in [0.15, 0.2) is 5.78 Å². The van der Waals surface area contributed by atoms with Gasteiger partial charge in [-0.05, 0) is 24.8 Å². The van der Waals surface area contributed by atoms with Crippen molar-refractivity contribution in [2.45, 2.75) is 33.6 Å². The van der Waals surface area contributed by atoms with Gasteiger partial charge in [-0.1, -0.05) is 38.1 Å². The second-order valence-corrected chi connectivity index (χ2v) is 5.04. The van der Waals surface area contributed by atoms with E-state index < -0.39 is 18.2 Å². The van der Waals surface area contributed by atoms with Crippen molar-refractivity contribution < 1.29 is 19.1 Å². The molecule has 20 heavy (non-hydrogen) atoms. The Labute approximate surface area is 119 Å². The van der Waals surface area contributed by atoms with Gasteiger partial charge in [0, 0.05) is 5.56 Å². The summed E-state index contributed by atoms with van der Waals surface area (Å²) < 4.78 is 4.56. The molecular weight excluding hydrogens is 256 g/mol. The SMILES string of the molecule is CCOC(=O)C(=O)CC(=O)c1ccc(CC(C)C)cc1.